The van der Waals surface area contributed by atoms with E-state index in [0.29, 0.717) is 0 Å². The molecule has 3 heteroatoms. The van der Waals surface area contributed by atoms with E-state index >= 15 is 0 Å². The summed E-state index contributed by atoms with van der Waals surface area (Å²) in [5.41, 5.74) is 10.5. The Balaban J connectivity index is 1.43. The number of pyridine rings is 1. The van der Waals surface area contributed by atoms with Gasteiger partial charge in [0.1, 0.15) is 11.2 Å². The summed E-state index contributed by atoms with van der Waals surface area (Å²) in [6.45, 7) is 0. The number of hydrogen-bond acceptors (Lipinski definition) is 2. The molecule has 0 fully saturated rings. The lowest BCUT2D eigenvalue weighted by Crippen LogP contribution is -1.93. The minimum absolute atomic E-state index is 0.882. The van der Waals surface area contributed by atoms with Crippen LogP contribution < -0.4 is 0 Å². The van der Waals surface area contributed by atoms with Gasteiger partial charge in [-0.25, -0.2) is 4.98 Å². The van der Waals surface area contributed by atoms with Crippen LogP contribution in [-0.4, -0.2) is 9.55 Å². The topological polar surface area (TPSA) is 31.0 Å². The predicted octanol–water partition coefficient (Wildman–Crippen LogP) is 11.7. The van der Waals surface area contributed by atoms with Gasteiger partial charge in [-0.2, -0.15) is 0 Å². The van der Waals surface area contributed by atoms with E-state index in [9.17, 15) is 0 Å². The number of nitrogens with zero attached hydrogens (tertiary/aromatic N) is 2. The summed E-state index contributed by atoms with van der Waals surface area (Å²) in [7, 11) is 0. The summed E-state index contributed by atoms with van der Waals surface area (Å²) in [4.78, 5) is 5.30. The predicted molar refractivity (Wildman–Crippen MR) is 192 cm³/mol. The first-order valence-corrected chi connectivity index (χ1v) is 15.7. The molecule has 46 heavy (non-hydrogen) atoms. The fourth-order valence-corrected chi connectivity index (χ4v) is 7.44. The van der Waals surface area contributed by atoms with Crippen molar-refractivity contribution in [1.82, 2.24) is 9.55 Å². The molecular weight excluding hydrogens is 560 g/mol. The Bertz CT molecular complexity index is 2790. The van der Waals surface area contributed by atoms with Gasteiger partial charge in [0.25, 0.3) is 0 Å². The van der Waals surface area contributed by atoms with Gasteiger partial charge in [-0.1, -0.05) is 115 Å². The highest BCUT2D eigenvalue weighted by Gasteiger charge is 2.23. The maximum absolute atomic E-state index is 6.87. The molecule has 0 aliphatic rings. The van der Waals surface area contributed by atoms with Crippen LogP contribution in [0.15, 0.2) is 162 Å². The smallest absolute Gasteiger partial charge is 0.143 e. The molecule has 3 heterocycles. The number of aromatic nitrogens is 2. The minimum Gasteiger partial charge on any atom is -0.455 e. The van der Waals surface area contributed by atoms with Gasteiger partial charge in [0, 0.05) is 54.5 Å². The first kappa shape index (κ1) is 25.2. The van der Waals surface area contributed by atoms with Gasteiger partial charge in [0.05, 0.1) is 22.2 Å². The number of para-hydroxylation sites is 4. The van der Waals surface area contributed by atoms with Crippen molar-refractivity contribution < 1.29 is 4.42 Å². The van der Waals surface area contributed by atoms with Crippen LogP contribution in [0.3, 0.4) is 0 Å². The van der Waals surface area contributed by atoms with Crippen molar-refractivity contribution in [2.24, 2.45) is 0 Å². The Morgan fingerprint density at radius 1 is 0.457 bits per heavy atom. The molecule has 214 valence electrons. The maximum Gasteiger partial charge on any atom is 0.143 e. The van der Waals surface area contributed by atoms with Gasteiger partial charge in [-0.05, 0) is 48.0 Å². The molecule has 0 bridgehead atoms. The lowest BCUT2D eigenvalue weighted by Gasteiger charge is -2.14. The van der Waals surface area contributed by atoms with Crippen molar-refractivity contribution in [3.8, 4) is 28.1 Å². The highest BCUT2D eigenvalue weighted by atomic mass is 16.3. The molecule has 0 aliphatic carbocycles. The number of benzene rings is 7. The van der Waals surface area contributed by atoms with Crippen LogP contribution in [-0.2, 0) is 0 Å². The lowest BCUT2D eigenvalue weighted by atomic mass is 9.90. The van der Waals surface area contributed by atoms with Crippen LogP contribution in [0, 0.1) is 0 Å². The van der Waals surface area contributed by atoms with E-state index in [1.807, 2.05) is 0 Å². The summed E-state index contributed by atoms with van der Waals surface area (Å²) in [6.07, 6.45) is 0. The van der Waals surface area contributed by atoms with E-state index in [2.05, 4.69) is 162 Å². The average Bonchev–Trinajstić information content (AvgIpc) is 3.68. The molecule has 0 saturated heterocycles. The number of fused-ring (bicyclic) bond motifs is 10. The van der Waals surface area contributed by atoms with Gasteiger partial charge < -0.3 is 8.98 Å². The molecule has 0 radical (unpaired) electrons. The third kappa shape index (κ3) is 3.51. The fourth-order valence-electron chi connectivity index (χ4n) is 7.44. The third-order valence-corrected chi connectivity index (χ3v) is 9.36. The van der Waals surface area contributed by atoms with Crippen LogP contribution in [0.25, 0.3) is 93.5 Å². The first-order valence-electron chi connectivity index (χ1n) is 15.7. The normalized spacial score (nSPS) is 11.9. The second-order valence-electron chi connectivity index (χ2n) is 11.9. The van der Waals surface area contributed by atoms with Gasteiger partial charge in [-0.3, -0.25) is 0 Å². The Labute approximate surface area is 264 Å². The zero-order valence-corrected chi connectivity index (χ0v) is 24.8. The van der Waals surface area contributed by atoms with Crippen molar-refractivity contribution in [3.05, 3.63) is 158 Å². The molecule has 0 saturated carbocycles. The number of hydrogen-bond donors (Lipinski definition) is 0. The zero-order valence-electron chi connectivity index (χ0n) is 24.8. The van der Waals surface area contributed by atoms with Gasteiger partial charge >= 0.3 is 0 Å². The third-order valence-electron chi connectivity index (χ3n) is 9.36. The van der Waals surface area contributed by atoms with E-state index in [-0.39, 0.29) is 0 Å². The van der Waals surface area contributed by atoms with Crippen LogP contribution in [0.2, 0.25) is 0 Å². The lowest BCUT2D eigenvalue weighted by molar-refractivity contribution is 0.670. The zero-order chi connectivity index (χ0) is 30.2. The molecule has 0 aliphatic heterocycles. The Morgan fingerprint density at radius 3 is 1.98 bits per heavy atom. The summed E-state index contributed by atoms with van der Waals surface area (Å²) >= 11 is 0. The number of rotatable bonds is 3. The first-order chi connectivity index (χ1) is 22.8. The van der Waals surface area contributed by atoms with Crippen molar-refractivity contribution in [2.45, 2.75) is 0 Å². The summed E-state index contributed by atoms with van der Waals surface area (Å²) in [5, 5.41) is 8.06. The standard InChI is InChI=1S/C43H26N2O/c1-3-14-27(15-4-1)42-34-26-33(43-41(32-20-9-12-25-38(32)46-43)40(34)30-18-7-10-22-35(30)44-42)29-21-13-24-37-39(29)31-19-8-11-23-36(31)45(37)28-16-5-2-6-17-28/h1-26H. The van der Waals surface area contributed by atoms with E-state index in [1.165, 1.54) is 21.7 Å². The van der Waals surface area contributed by atoms with E-state index < -0.39 is 0 Å². The molecule has 0 atom stereocenters. The Morgan fingerprint density at radius 2 is 1.13 bits per heavy atom. The average molecular weight is 587 g/mol. The maximum atomic E-state index is 6.87. The van der Waals surface area contributed by atoms with Crippen LogP contribution in [0.5, 0.6) is 0 Å². The number of furan rings is 1. The molecular formula is C43H26N2O. The Hall–Kier alpha value is -6.19. The highest BCUT2D eigenvalue weighted by Crippen LogP contribution is 2.48. The van der Waals surface area contributed by atoms with Gasteiger partial charge in [-0.15, -0.1) is 0 Å². The fraction of sp³-hybridized carbons (Fsp3) is 0. The van der Waals surface area contributed by atoms with E-state index in [4.69, 9.17) is 9.40 Å². The molecule has 0 unspecified atom stereocenters. The van der Waals surface area contributed by atoms with Crippen molar-refractivity contribution >= 4 is 65.4 Å². The Kier molecular flexibility index (Phi) is 5.28. The summed E-state index contributed by atoms with van der Waals surface area (Å²) in [6, 6.07) is 55.7. The van der Waals surface area contributed by atoms with E-state index in [0.717, 1.165) is 71.8 Å². The van der Waals surface area contributed by atoms with Crippen molar-refractivity contribution in [2.75, 3.05) is 0 Å². The quantitative estimate of drug-likeness (QED) is 0.193. The molecule has 10 aromatic rings. The summed E-state index contributed by atoms with van der Waals surface area (Å²) in [5.74, 6) is 0. The van der Waals surface area contributed by atoms with Crippen molar-refractivity contribution in [3.63, 3.8) is 0 Å². The SMILES string of the molecule is c1ccc(-c2nc3ccccc3c3c2cc(-c2cccc4c2c2ccccc2n4-c2ccccc2)c2oc4ccccc4c23)cc1. The van der Waals surface area contributed by atoms with E-state index in [1.54, 1.807) is 0 Å². The molecule has 0 N–H and O–H groups in total. The van der Waals surface area contributed by atoms with Crippen LogP contribution in [0.4, 0.5) is 0 Å². The monoisotopic (exact) mass is 586 g/mol. The molecule has 0 spiro atoms. The largest absolute Gasteiger partial charge is 0.455 e. The molecule has 3 aromatic heterocycles. The van der Waals surface area contributed by atoms with Crippen LogP contribution >= 0.6 is 0 Å². The summed E-state index contributed by atoms with van der Waals surface area (Å²) < 4.78 is 9.24. The second kappa shape index (κ2) is 9.65. The van der Waals surface area contributed by atoms with Gasteiger partial charge in [0.2, 0.25) is 0 Å². The second-order valence-corrected chi connectivity index (χ2v) is 11.9. The van der Waals surface area contributed by atoms with Crippen LogP contribution in [0.1, 0.15) is 0 Å². The minimum atomic E-state index is 0.882. The van der Waals surface area contributed by atoms with Crippen molar-refractivity contribution in [1.29, 1.82) is 0 Å². The van der Waals surface area contributed by atoms with Gasteiger partial charge in [0.15, 0.2) is 0 Å². The molecule has 0 amide bonds. The molecule has 3 nitrogen and oxygen atoms in total. The molecule has 10 rings (SSSR count). The molecule has 7 aromatic carbocycles. The highest BCUT2D eigenvalue weighted by molar-refractivity contribution is 6.31.